The molecule has 620 valence electrons. The molecule has 5 fully saturated rings. The Bertz CT molecular complexity index is 5930. The van der Waals surface area contributed by atoms with Crippen LogP contribution < -0.4 is 42.6 Å². The van der Waals surface area contributed by atoms with Gasteiger partial charge in [0.05, 0.1) is 98.7 Å². The number of amides is 2. The summed E-state index contributed by atoms with van der Waals surface area (Å²) < 4.78 is 102. The van der Waals surface area contributed by atoms with E-state index in [1.54, 1.807) is 127 Å². The summed E-state index contributed by atoms with van der Waals surface area (Å²) in [5, 5.41) is 0. The molecule has 0 spiro atoms. The standard InChI is InChI=1S/C34H35FN4O3.C31H29FN4O4.C30H29FN4O4/c1-3-4-19-41-31-21-36-20-28-33(25-13-15-27(16-14-25)42-30-12-8-11-29(40-2)32(30)35)37-34(39(28)31)26-17-18-38(23-26)22-24-9-6-5-7-10-24;1-3-6-27(37)35-16-15-21(19-35)31-34-30(24-17-33-18-28(36(24)31)40-22-7-4-8-22)20-11-13-23(14-12-20)39-26-10-5-9-25(38-2)29(26)32;1-3-26(36)34-15-14-20(18-34)30-33-29(23-16-32-17-27(35(23)30)39-21-6-4-7-21)19-10-12-22(13-11-19)38-25-9-5-8-24(37-2)28(25)31/h5-16,20-21,26H,3-4,17-19,22-23H2,1-2H3;5,9-14,17-18,21-22H,4,7-8,15-16,19H2,1-2H3;3,5,8-13,16-17,20-21H,1,4,6-7,14-15,18H2,2H3/t26-;21-;20-/m111/s1. The number of hydrogen-bond donors (Lipinski definition) is 0. The zero-order valence-electron chi connectivity index (χ0n) is 68.1. The van der Waals surface area contributed by atoms with Crippen molar-refractivity contribution < 1.29 is 65.4 Å². The number of carbonyl (C=O) groups excluding carboxylic acids is 2. The fraction of sp³-hybridized carbons (Fsp3) is 0.305. The zero-order valence-corrected chi connectivity index (χ0v) is 68.1. The van der Waals surface area contributed by atoms with Crippen molar-refractivity contribution in [3.63, 3.8) is 0 Å². The predicted octanol–water partition coefficient (Wildman–Crippen LogP) is 18.9. The van der Waals surface area contributed by atoms with Crippen molar-refractivity contribution in [2.45, 2.75) is 121 Å². The Morgan fingerprint density at radius 1 is 0.471 bits per heavy atom. The average Bonchev–Trinajstić information content (AvgIpc) is 1.64. The third-order valence-corrected chi connectivity index (χ3v) is 22.6. The second kappa shape index (κ2) is 37.3. The molecular weight excluding hydrogens is 1540 g/mol. The third kappa shape index (κ3) is 17.8. The van der Waals surface area contributed by atoms with E-state index < -0.39 is 17.5 Å². The van der Waals surface area contributed by atoms with Crippen molar-refractivity contribution in [3.05, 3.63) is 248 Å². The van der Waals surface area contributed by atoms with E-state index in [4.69, 9.17) is 57.6 Å². The van der Waals surface area contributed by atoms with Crippen LogP contribution in [0.25, 0.3) is 50.3 Å². The maximum Gasteiger partial charge on any atom is 0.298 e. The molecule has 121 heavy (non-hydrogen) atoms. The lowest BCUT2D eigenvalue weighted by Gasteiger charge is -2.26. The average molecular weight is 1640 g/mol. The highest BCUT2D eigenvalue weighted by Gasteiger charge is 2.36. The van der Waals surface area contributed by atoms with Crippen LogP contribution in [0.5, 0.6) is 69.4 Å². The molecule has 3 aliphatic heterocycles. The Labute approximate surface area is 699 Å². The Kier molecular flexibility index (Phi) is 25.0. The van der Waals surface area contributed by atoms with Crippen molar-refractivity contribution in [3.8, 4) is 115 Å². The highest BCUT2D eigenvalue weighted by molar-refractivity contribution is 5.93. The Balaban J connectivity index is 0.000000135. The SMILES string of the molecule is C=CC(=O)N1CC[C@@H](c2nc(-c3ccc(Oc4cccc(OC)c4F)cc3)c3cncc(OC4CCC4)n23)C1.CC#CC(=O)N1CC[C@@H](c2nc(-c3ccc(Oc4cccc(OC)c4F)cc3)c3cncc(OC4CCC4)n23)C1.CCCCOc1cncc2c(-c3ccc(Oc4cccc(OC)c4F)cc3)nc([C@@H]3CCN(Cc4ccccc4)C3)n12. The highest BCUT2D eigenvalue weighted by Crippen LogP contribution is 2.43. The Hall–Kier alpha value is -13.4. The first-order valence-corrected chi connectivity index (χ1v) is 41.0. The molecule has 3 atom stereocenters. The van der Waals surface area contributed by atoms with Crippen LogP contribution in [0.3, 0.4) is 0 Å². The fourth-order valence-corrected chi connectivity index (χ4v) is 15.7. The van der Waals surface area contributed by atoms with Crippen LogP contribution in [0.1, 0.15) is 125 Å². The van der Waals surface area contributed by atoms with Crippen molar-refractivity contribution in [2.24, 2.45) is 0 Å². The van der Waals surface area contributed by atoms with Gasteiger partial charge in [0.1, 0.15) is 46.9 Å². The Morgan fingerprint density at radius 3 is 1.27 bits per heavy atom. The molecule has 7 aromatic carbocycles. The highest BCUT2D eigenvalue weighted by atomic mass is 19.1. The molecule has 0 bridgehead atoms. The molecule has 13 aromatic rings. The number of carbonyl (C=O) groups is 2. The van der Waals surface area contributed by atoms with Crippen molar-refractivity contribution in [1.82, 2.24) is 57.8 Å². The van der Waals surface area contributed by atoms with Crippen LogP contribution in [0.4, 0.5) is 13.2 Å². The predicted molar refractivity (Wildman–Crippen MR) is 452 cm³/mol. The molecule has 0 radical (unpaired) electrons. The van der Waals surface area contributed by atoms with Gasteiger partial charge in [0.2, 0.25) is 41.0 Å². The van der Waals surface area contributed by atoms with Crippen LogP contribution >= 0.6 is 0 Å². The molecule has 0 unspecified atom stereocenters. The number of likely N-dealkylation sites (tertiary alicyclic amines) is 3. The molecular formula is C95H93F3N12O11. The monoisotopic (exact) mass is 1630 g/mol. The van der Waals surface area contributed by atoms with E-state index in [2.05, 4.69) is 79.9 Å². The van der Waals surface area contributed by atoms with E-state index in [1.165, 1.54) is 33.0 Å². The van der Waals surface area contributed by atoms with Gasteiger partial charge in [0.15, 0.2) is 34.5 Å². The van der Waals surface area contributed by atoms with E-state index >= 15 is 0 Å². The van der Waals surface area contributed by atoms with Gasteiger partial charge in [-0.15, -0.1) is 0 Å². The lowest BCUT2D eigenvalue weighted by atomic mass is 9.96. The van der Waals surface area contributed by atoms with Gasteiger partial charge in [-0.05, 0) is 204 Å². The summed E-state index contributed by atoms with van der Waals surface area (Å²) in [6.45, 7) is 13.3. The largest absolute Gasteiger partial charge is 0.494 e. The first-order valence-electron chi connectivity index (χ1n) is 41.0. The lowest BCUT2D eigenvalue weighted by Crippen LogP contribution is -2.27. The normalized spacial score (nSPS) is 16.4. The number of unbranched alkanes of at least 4 members (excludes halogenated alkanes) is 1. The summed E-state index contributed by atoms with van der Waals surface area (Å²) >= 11 is 0. The number of benzene rings is 7. The number of hydrogen-bond acceptors (Lipinski definition) is 18. The van der Waals surface area contributed by atoms with Gasteiger partial charge < -0.3 is 52.4 Å². The van der Waals surface area contributed by atoms with Crippen LogP contribution in [0.2, 0.25) is 0 Å². The molecule has 26 heteroatoms. The summed E-state index contributed by atoms with van der Waals surface area (Å²) in [5.74, 6) is 10.6. The van der Waals surface area contributed by atoms with E-state index in [-0.39, 0.29) is 76.3 Å². The summed E-state index contributed by atoms with van der Waals surface area (Å²) in [5.41, 5.74) is 8.82. The number of ether oxygens (including phenoxy) is 9. The minimum Gasteiger partial charge on any atom is -0.494 e. The number of rotatable bonds is 26. The van der Waals surface area contributed by atoms with E-state index in [9.17, 15) is 22.8 Å². The lowest BCUT2D eigenvalue weighted by molar-refractivity contribution is -0.125. The molecule has 0 N–H and O–H groups in total. The molecule has 18 rings (SSSR count). The van der Waals surface area contributed by atoms with Crippen LogP contribution in [0, 0.1) is 29.3 Å². The molecule has 23 nitrogen and oxygen atoms in total. The molecule has 6 aromatic heterocycles. The number of imidazole rings is 3. The van der Waals surface area contributed by atoms with E-state index in [0.29, 0.717) is 67.7 Å². The molecule has 2 aliphatic carbocycles. The van der Waals surface area contributed by atoms with Crippen molar-refractivity contribution in [2.75, 3.05) is 67.2 Å². The van der Waals surface area contributed by atoms with Crippen molar-refractivity contribution >= 4 is 28.4 Å². The van der Waals surface area contributed by atoms with Gasteiger partial charge in [-0.3, -0.25) is 42.6 Å². The fourth-order valence-electron chi connectivity index (χ4n) is 15.7. The summed E-state index contributed by atoms with van der Waals surface area (Å²) in [4.78, 5) is 59.6. The number of nitrogens with zero attached hydrogens (tertiary/aromatic N) is 12. The van der Waals surface area contributed by atoms with Gasteiger partial charge in [-0.2, -0.15) is 13.2 Å². The number of methoxy groups -OCH3 is 3. The van der Waals surface area contributed by atoms with Gasteiger partial charge in [-0.25, -0.2) is 15.0 Å². The second-order valence-corrected chi connectivity index (χ2v) is 30.4. The van der Waals surface area contributed by atoms with Gasteiger partial charge >= 0.3 is 0 Å². The van der Waals surface area contributed by atoms with Crippen LogP contribution in [0.15, 0.2) is 208 Å². The van der Waals surface area contributed by atoms with Crippen LogP contribution in [-0.2, 0) is 16.1 Å². The molecule has 2 amide bonds. The third-order valence-electron chi connectivity index (χ3n) is 22.6. The smallest absolute Gasteiger partial charge is 0.298 e. The van der Waals surface area contributed by atoms with Crippen LogP contribution in [-0.4, -0.2) is 149 Å². The topological polar surface area (TPSA) is 217 Å². The van der Waals surface area contributed by atoms with Gasteiger partial charge in [0.25, 0.3) is 5.91 Å². The summed E-state index contributed by atoms with van der Waals surface area (Å²) in [6, 6.07) is 47.2. The number of aromatic nitrogens is 9. The van der Waals surface area contributed by atoms with E-state index in [0.717, 1.165) is 158 Å². The quantitative estimate of drug-likeness (QED) is 0.0280. The number of fused-ring (bicyclic) bond motifs is 3. The maximum atomic E-state index is 14.6. The minimum atomic E-state index is -0.558. The zero-order chi connectivity index (χ0) is 83.5. The maximum absolute atomic E-state index is 14.6. The van der Waals surface area contributed by atoms with E-state index in [1.807, 2.05) is 63.5 Å². The minimum absolute atomic E-state index is 0.0219. The number of halogens is 3. The van der Waals surface area contributed by atoms with Gasteiger partial charge in [-0.1, -0.05) is 74.4 Å². The second-order valence-electron chi connectivity index (χ2n) is 30.4. The summed E-state index contributed by atoms with van der Waals surface area (Å²) in [7, 11) is 4.26. The van der Waals surface area contributed by atoms with Gasteiger partial charge in [0, 0.05) is 73.7 Å². The molecule has 3 saturated heterocycles. The molecule has 9 heterocycles. The molecule has 5 aliphatic rings. The first-order chi connectivity index (χ1) is 59.2. The summed E-state index contributed by atoms with van der Waals surface area (Å²) in [6.07, 6.45) is 23.4. The first kappa shape index (κ1) is 81.3. The Morgan fingerprint density at radius 2 is 0.868 bits per heavy atom. The van der Waals surface area contributed by atoms with Crippen molar-refractivity contribution in [1.29, 1.82) is 0 Å². The molecule has 2 saturated carbocycles.